The van der Waals surface area contributed by atoms with E-state index in [0.717, 1.165) is 48.9 Å². The van der Waals surface area contributed by atoms with E-state index in [0.29, 0.717) is 0 Å². The van der Waals surface area contributed by atoms with E-state index < -0.39 is 0 Å². The summed E-state index contributed by atoms with van der Waals surface area (Å²) in [5.41, 5.74) is 4.50. The van der Waals surface area contributed by atoms with Gasteiger partial charge in [-0.1, -0.05) is 65.8 Å². The van der Waals surface area contributed by atoms with Gasteiger partial charge >= 0.3 is 0 Å². The number of benzene rings is 2. The number of anilines is 1. The van der Waals surface area contributed by atoms with Gasteiger partial charge in [-0.2, -0.15) is 0 Å². The molecule has 0 atom stereocenters. The third kappa shape index (κ3) is 3.81. The Balaban J connectivity index is 1.57. The molecule has 1 aromatic heterocycles. The largest absolute Gasteiger partial charge is 0.340 e. The number of nitrogens with one attached hydrogen (secondary N) is 1. The van der Waals surface area contributed by atoms with Crippen LogP contribution in [0.4, 0.5) is 5.88 Å². The quantitative estimate of drug-likeness (QED) is 0.706. The first-order chi connectivity index (χ1) is 12.9. The van der Waals surface area contributed by atoms with Crippen LogP contribution in [0.1, 0.15) is 30.4 Å². The second-order valence-electron chi connectivity index (χ2n) is 6.82. The van der Waals surface area contributed by atoms with Crippen molar-refractivity contribution in [2.24, 2.45) is 0 Å². The lowest BCUT2D eigenvalue weighted by Crippen LogP contribution is -2.30. The highest BCUT2D eigenvalue weighted by atomic mass is 16.5. The van der Waals surface area contributed by atoms with Gasteiger partial charge in [0.05, 0.1) is 5.56 Å². The van der Waals surface area contributed by atoms with Crippen LogP contribution in [-0.2, 0) is 13.1 Å². The zero-order chi connectivity index (χ0) is 17.6. The van der Waals surface area contributed by atoms with Crippen molar-refractivity contribution in [3.8, 4) is 11.3 Å². The van der Waals surface area contributed by atoms with E-state index in [2.05, 4.69) is 51.8 Å². The van der Waals surface area contributed by atoms with Crippen molar-refractivity contribution in [1.29, 1.82) is 0 Å². The van der Waals surface area contributed by atoms with E-state index in [4.69, 9.17) is 4.52 Å². The zero-order valence-electron chi connectivity index (χ0n) is 15.0. The Morgan fingerprint density at radius 1 is 0.846 bits per heavy atom. The van der Waals surface area contributed by atoms with E-state index in [9.17, 15) is 0 Å². The summed E-state index contributed by atoms with van der Waals surface area (Å²) >= 11 is 0. The standard InChI is InChI=1S/C22H25N3O/c1-4-10-18(11-5-1)16-23-17-20-21(19-12-6-2-7-13-19)24-26-22(20)25-14-8-3-9-15-25/h1-2,4-7,10-13,23H,3,8-9,14-17H2. The van der Waals surface area contributed by atoms with E-state index in [1.807, 2.05) is 24.3 Å². The normalized spacial score (nSPS) is 14.5. The van der Waals surface area contributed by atoms with Crippen LogP contribution in [0.2, 0.25) is 0 Å². The monoisotopic (exact) mass is 347 g/mol. The molecular weight excluding hydrogens is 322 g/mol. The number of aromatic nitrogens is 1. The number of nitrogens with zero attached hydrogens (tertiary/aromatic N) is 2. The van der Waals surface area contributed by atoms with Gasteiger partial charge in [-0.05, 0) is 24.8 Å². The fraction of sp³-hybridized carbons (Fsp3) is 0.318. The maximum Gasteiger partial charge on any atom is 0.232 e. The lowest BCUT2D eigenvalue weighted by Gasteiger charge is -2.26. The second kappa shape index (κ2) is 8.19. The maximum absolute atomic E-state index is 5.83. The molecule has 1 N–H and O–H groups in total. The Hall–Kier alpha value is -2.59. The van der Waals surface area contributed by atoms with Crippen LogP contribution < -0.4 is 10.2 Å². The molecule has 4 rings (SSSR count). The molecule has 26 heavy (non-hydrogen) atoms. The molecule has 0 bridgehead atoms. The smallest absolute Gasteiger partial charge is 0.232 e. The average molecular weight is 347 g/mol. The highest BCUT2D eigenvalue weighted by Crippen LogP contribution is 2.32. The molecule has 2 heterocycles. The minimum Gasteiger partial charge on any atom is -0.340 e. The van der Waals surface area contributed by atoms with Gasteiger partial charge in [0.25, 0.3) is 0 Å². The minimum absolute atomic E-state index is 0.744. The third-order valence-electron chi connectivity index (χ3n) is 4.93. The molecule has 3 aromatic rings. The van der Waals surface area contributed by atoms with Gasteiger partial charge in [0.15, 0.2) is 0 Å². The van der Waals surface area contributed by atoms with Crippen molar-refractivity contribution in [3.05, 3.63) is 71.8 Å². The van der Waals surface area contributed by atoms with Gasteiger partial charge in [-0.3, -0.25) is 0 Å². The van der Waals surface area contributed by atoms with E-state index in [1.54, 1.807) is 0 Å². The predicted octanol–water partition coefficient (Wildman–Crippen LogP) is 4.62. The molecule has 0 spiro atoms. The van der Waals surface area contributed by atoms with E-state index in [1.165, 1.54) is 24.8 Å². The zero-order valence-corrected chi connectivity index (χ0v) is 15.0. The van der Waals surface area contributed by atoms with Crippen molar-refractivity contribution < 1.29 is 4.52 Å². The van der Waals surface area contributed by atoms with Crippen molar-refractivity contribution in [3.63, 3.8) is 0 Å². The highest BCUT2D eigenvalue weighted by molar-refractivity contribution is 5.68. The summed E-state index contributed by atoms with van der Waals surface area (Å²) in [6.45, 7) is 3.68. The molecular formula is C22H25N3O. The highest BCUT2D eigenvalue weighted by Gasteiger charge is 2.23. The van der Waals surface area contributed by atoms with Gasteiger partial charge in [0.1, 0.15) is 5.69 Å². The van der Waals surface area contributed by atoms with Gasteiger partial charge in [-0.15, -0.1) is 0 Å². The second-order valence-corrected chi connectivity index (χ2v) is 6.82. The number of rotatable bonds is 6. The first-order valence-electron chi connectivity index (χ1n) is 9.45. The predicted molar refractivity (Wildman–Crippen MR) is 105 cm³/mol. The van der Waals surface area contributed by atoms with Crippen LogP contribution in [-0.4, -0.2) is 18.2 Å². The van der Waals surface area contributed by atoms with Gasteiger partial charge < -0.3 is 14.7 Å². The molecule has 1 fully saturated rings. The van der Waals surface area contributed by atoms with Crippen LogP contribution in [0, 0.1) is 0 Å². The Kier molecular flexibility index (Phi) is 5.31. The van der Waals surface area contributed by atoms with Gasteiger partial charge in [0, 0.05) is 31.7 Å². The van der Waals surface area contributed by atoms with Crippen molar-refractivity contribution >= 4 is 5.88 Å². The summed E-state index contributed by atoms with van der Waals surface area (Å²) in [7, 11) is 0. The topological polar surface area (TPSA) is 41.3 Å². The number of piperidine rings is 1. The molecule has 1 aliphatic heterocycles. The lowest BCUT2D eigenvalue weighted by molar-refractivity contribution is 0.405. The van der Waals surface area contributed by atoms with E-state index in [-0.39, 0.29) is 0 Å². The van der Waals surface area contributed by atoms with Crippen LogP contribution in [0.3, 0.4) is 0 Å². The molecule has 0 unspecified atom stereocenters. The summed E-state index contributed by atoms with van der Waals surface area (Å²) < 4.78 is 5.83. The van der Waals surface area contributed by atoms with Crippen LogP contribution in [0.5, 0.6) is 0 Å². The molecule has 0 aliphatic carbocycles. The van der Waals surface area contributed by atoms with Crippen LogP contribution >= 0.6 is 0 Å². The van der Waals surface area contributed by atoms with Gasteiger partial charge in [0.2, 0.25) is 5.88 Å². The van der Waals surface area contributed by atoms with Crippen molar-refractivity contribution in [2.45, 2.75) is 32.4 Å². The van der Waals surface area contributed by atoms with Crippen LogP contribution in [0.15, 0.2) is 65.2 Å². The Morgan fingerprint density at radius 2 is 1.54 bits per heavy atom. The Morgan fingerprint density at radius 3 is 2.27 bits per heavy atom. The molecule has 1 aliphatic rings. The molecule has 0 saturated carbocycles. The summed E-state index contributed by atoms with van der Waals surface area (Å²) in [5.74, 6) is 0.934. The number of hydrogen-bond donors (Lipinski definition) is 1. The Bertz CT molecular complexity index is 808. The van der Waals surface area contributed by atoms with Crippen molar-refractivity contribution in [1.82, 2.24) is 10.5 Å². The first kappa shape index (κ1) is 16.9. The summed E-state index contributed by atoms with van der Waals surface area (Å²) in [4.78, 5) is 2.35. The fourth-order valence-electron chi connectivity index (χ4n) is 3.56. The summed E-state index contributed by atoms with van der Waals surface area (Å²) in [6.07, 6.45) is 3.74. The average Bonchev–Trinajstić information content (AvgIpc) is 3.14. The number of hydrogen-bond acceptors (Lipinski definition) is 4. The molecule has 1 saturated heterocycles. The summed E-state index contributed by atoms with van der Waals surface area (Å²) in [5, 5.41) is 8.00. The molecule has 4 heteroatoms. The first-order valence-corrected chi connectivity index (χ1v) is 9.45. The molecule has 2 aromatic carbocycles. The van der Waals surface area contributed by atoms with Crippen molar-refractivity contribution in [2.75, 3.05) is 18.0 Å². The molecule has 4 nitrogen and oxygen atoms in total. The van der Waals surface area contributed by atoms with E-state index >= 15 is 0 Å². The fourth-order valence-corrected chi connectivity index (χ4v) is 3.56. The third-order valence-corrected chi connectivity index (χ3v) is 4.93. The summed E-state index contributed by atoms with van der Waals surface area (Å²) in [6, 6.07) is 20.8. The lowest BCUT2D eigenvalue weighted by atomic mass is 10.1. The SMILES string of the molecule is c1ccc(CNCc2c(-c3ccccc3)noc2N2CCCCC2)cc1. The van der Waals surface area contributed by atoms with Gasteiger partial charge in [-0.25, -0.2) is 0 Å². The molecule has 0 amide bonds. The maximum atomic E-state index is 5.83. The minimum atomic E-state index is 0.744. The Labute approximate surface area is 154 Å². The van der Waals surface area contributed by atoms with Crippen LogP contribution in [0.25, 0.3) is 11.3 Å². The molecule has 0 radical (unpaired) electrons. The molecule has 134 valence electrons.